The highest BCUT2D eigenvalue weighted by molar-refractivity contribution is 5.97. The van der Waals surface area contributed by atoms with Crippen molar-refractivity contribution in [3.05, 3.63) is 30.5 Å². The Bertz CT molecular complexity index is 636. The zero-order valence-corrected chi connectivity index (χ0v) is 11.1. The minimum Gasteiger partial charge on any atom is -0.368 e. The number of carbonyl (C=O) groups is 1. The summed E-state index contributed by atoms with van der Waals surface area (Å²) in [7, 11) is 0. The van der Waals surface area contributed by atoms with Crippen LogP contribution < -0.4 is 21.3 Å². The Morgan fingerprint density at radius 3 is 2.85 bits per heavy atom. The van der Waals surface area contributed by atoms with E-state index in [1.54, 1.807) is 0 Å². The van der Waals surface area contributed by atoms with Crippen molar-refractivity contribution in [3.8, 4) is 0 Å². The first-order valence-electron chi connectivity index (χ1n) is 6.65. The summed E-state index contributed by atoms with van der Waals surface area (Å²) in [4.78, 5) is 17.7. The Balaban J connectivity index is 2.03. The van der Waals surface area contributed by atoms with Gasteiger partial charge in [-0.15, -0.1) is 0 Å². The number of anilines is 2. The van der Waals surface area contributed by atoms with Crippen LogP contribution in [0.1, 0.15) is 0 Å². The average Bonchev–Trinajstić information content (AvgIpc) is 2.47. The summed E-state index contributed by atoms with van der Waals surface area (Å²) in [6.07, 6.45) is 1.82. The number of hydrogen-bond donors (Lipinski definition) is 3. The molecule has 0 radical (unpaired) electrons. The van der Waals surface area contributed by atoms with Crippen LogP contribution in [0.2, 0.25) is 0 Å². The van der Waals surface area contributed by atoms with E-state index in [1.807, 2.05) is 30.5 Å². The molecule has 0 unspecified atom stereocenters. The molecule has 0 aliphatic carbocycles. The lowest BCUT2D eigenvalue weighted by molar-refractivity contribution is 0.259. The number of nitrogens with zero attached hydrogens (tertiary/aromatic N) is 2. The molecule has 104 valence electrons. The second kappa shape index (κ2) is 5.34. The fourth-order valence-electron chi connectivity index (χ4n) is 2.53. The number of piperazine rings is 1. The fourth-order valence-corrected chi connectivity index (χ4v) is 2.53. The van der Waals surface area contributed by atoms with Gasteiger partial charge in [-0.25, -0.2) is 4.79 Å². The Kier molecular flexibility index (Phi) is 3.39. The number of hydrogen-bond acceptors (Lipinski definition) is 4. The van der Waals surface area contributed by atoms with Crippen LogP contribution in [0, 0.1) is 0 Å². The molecule has 4 N–H and O–H groups in total. The molecule has 0 atom stereocenters. The van der Waals surface area contributed by atoms with Crippen molar-refractivity contribution in [2.75, 3.05) is 36.4 Å². The van der Waals surface area contributed by atoms with E-state index >= 15 is 0 Å². The van der Waals surface area contributed by atoms with Crippen molar-refractivity contribution in [2.45, 2.75) is 0 Å². The summed E-state index contributed by atoms with van der Waals surface area (Å²) in [5, 5.41) is 6.97. The highest BCUT2D eigenvalue weighted by Gasteiger charge is 2.13. The zero-order valence-electron chi connectivity index (χ0n) is 11.1. The fraction of sp³-hybridized carbons (Fsp3) is 0.286. The molecule has 1 fully saturated rings. The van der Waals surface area contributed by atoms with Crippen molar-refractivity contribution >= 4 is 28.3 Å². The number of aromatic nitrogens is 1. The number of nitrogens with two attached hydrogens (primary N) is 1. The lowest BCUT2D eigenvalue weighted by Gasteiger charge is -2.30. The van der Waals surface area contributed by atoms with E-state index in [4.69, 9.17) is 5.73 Å². The van der Waals surface area contributed by atoms with Crippen LogP contribution in [-0.2, 0) is 0 Å². The summed E-state index contributed by atoms with van der Waals surface area (Å²) in [5.41, 5.74) is 7.91. The first kappa shape index (κ1) is 12.7. The van der Waals surface area contributed by atoms with Crippen molar-refractivity contribution in [3.63, 3.8) is 0 Å². The molecule has 0 bridgehead atoms. The van der Waals surface area contributed by atoms with Gasteiger partial charge in [0, 0.05) is 49.1 Å². The standard InChI is InChI=1S/C14H17N5O/c15-14(20)18-10-1-2-12-11(9-10)13(3-4-17-12)19-7-5-16-6-8-19/h1-4,9,16H,5-8H2,(H3,15,18,20). The van der Waals surface area contributed by atoms with Gasteiger partial charge >= 0.3 is 6.03 Å². The van der Waals surface area contributed by atoms with Crippen LogP contribution in [0.5, 0.6) is 0 Å². The Morgan fingerprint density at radius 1 is 1.30 bits per heavy atom. The van der Waals surface area contributed by atoms with Crippen LogP contribution in [0.3, 0.4) is 0 Å². The van der Waals surface area contributed by atoms with Crippen LogP contribution >= 0.6 is 0 Å². The molecular formula is C14H17N5O. The van der Waals surface area contributed by atoms with E-state index in [9.17, 15) is 4.79 Å². The number of amides is 2. The van der Waals surface area contributed by atoms with Crippen molar-refractivity contribution in [1.82, 2.24) is 10.3 Å². The third kappa shape index (κ3) is 2.50. The molecule has 1 aliphatic heterocycles. The second-order valence-electron chi connectivity index (χ2n) is 4.79. The van der Waals surface area contributed by atoms with Gasteiger partial charge in [-0.1, -0.05) is 0 Å². The van der Waals surface area contributed by atoms with E-state index in [-0.39, 0.29) is 0 Å². The minimum atomic E-state index is -0.558. The van der Waals surface area contributed by atoms with Crippen molar-refractivity contribution in [2.24, 2.45) is 5.73 Å². The highest BCUT2D eigenvalue weighted by Crippen LogP contribution is 2.28. The van der Waals surface area contributed by atoms with E-state index in [0.717, 1.165) is 42.8 Å². The minimum absolute atomic E-state index is 0.558. The van der Waals surface area contributed by atoms with Gasteiger partial charge in [-0.3, -0.25) is 4.98 Å². The number of carbonyl (C=O) groups excluding carboxylic acids is 1. The number of pyridine rings is 1. The Morgan fingerprint density at radius 2 is 2.10 bits per heavy atom. The molecule has 6 nitrogen and oxygen atoms in total. The number of urea groups is 1. The Labute approximate surface area is 117 Å². The highest BCUT2D eigenvalue weighted by atomic mass is 16.2. The summed E-state index contributed by atoms with van der Waals surface area (Å²) in [6, 6.07) is 7.08. The van der Waals surface area contributed by atoms with Gasteiger partial charge in [-0.05, 0) is 24.3 Å². The van der Waals surface area contributed by atoms with Gasteiger partial charge < -0.3 is 21.3 Å². The summed E-state index contributed by atoms with van der Waals surface area (Å²) < 4.78 is 0. The number of rotatable bonds is 2. The van der Waals surface area contributed by atoms with Gasteiger partial charge in [-0.2, -0.15) is 0 Å². The van der Waals surface area contributed by atoms with Crippen molar-refractivity contribution in [1.29, 1.82) is 0 Å². The van der Waals surface area contributed by atoms with E-state index in [2.05, 4.69) is 20.5 Å². The monoisotopic (exact) mass is 271 g/mol. The van der Waals surface area contributed by atoms with Gasteiger partial charge in [0.25, 0.3) is 0 Å². The third-order valence-corrected chi connectivity index (χ3v) is 3.44. The smallest absolute Gasteiger partial charge is 0.316 e. The number of fused-ring (bicyclic) bond motifs is 1. The molecule has 0 saturated carbocycles. The maximum Gasteiger partial charge on any atom is 0.316 e. The number of primary amides is 1. The molecular weight excluding hydrogens is 254 g/mol. The van der Waals surface area contributed by atoms with Gasteiger partial charge in [0.1, 0.15) is 0 Å². The lowest BCUT2D eigenvalue weighted by Crippen LogP contribution is -2.43. The molecule has 1 saturated heterocycles. The molecule has 1 aliphatic rings. The molecule has 20 heavy (non-hydrogen) atoms. The van der Waals surface area contributed by atoms with Gasteiger partial charge in [0.2, 0.25) is 0 Å². The molecule has 2 amide bonds. The molecule has 1 aromatic carbocycles. The lowest BCUT2D eigenvalue weighted by atomic mass is 10.1. The largest absolute Gasteiger partial charge is 0.368 e. The topological polar surface area (TPSA) is 83.3 Å². The predicted molar refractivity (Wildman–Crippen MR) is 80.0 cm³/mol. The van der Waals surface area contributed by atoms with Gasteiger partial charge in [0.05, 0.1) is 5.52 Å². The number of benzene rings is 1. The quantitative estimate of drug-likeness (QED) is 0.764. The number of nitrogens with one attached hydrogen (secondary N) is 2. The Hall–Kier alpha value is -2.34. The predicted octanol–water partition coefficient (Wildman–Crippen LogP) is 1.13. The molecule has 2 heterocycles. The van der Waals surface area contributed by atoms with Crippen LogP contribution in [0.4, 0.5) is 16.2 Å². The van der Waals surface area contributed by atoms with E-state index in [1.165, 1.54) is 0 Å². The van der Waals surface area contributed by atoms with Crippen LogP contribution in [0.15, 0.2) is 30.5 Å². The zero-order chi connectivity index (χ0) is 13.9. The summed E-state index contributed by atoms with van der Waals surface area (Å²) >= 11 is 0. The molecule has 2 aromatic rings. The third-order valence-electron chi connectivity index (χ3n) is 3.44. The van der Waals surface area contributed by atoms with E-state index < -0.39 is 6.03 Å². The van der Waals surface area contributed by atoms with Crippen molar-refractivity contribution < 1.29 is 4.79 Å². The average molecular weight is 271 g/mol. The molecule has 0 spiro atoms. The first-order valence-corrected chi connectivity index (χ1v) is 6.65. The first-order chi connectivity index (χ1) is 9.74. The summed E-state index contributed by atoms with van der Waals surface area (Å²) in [5.74, 6) is 0. The van der Waals surface area contributed by atoms with Crippen LogP contribution in [-0.4, -0.2) is 37.2 Å². The van der Waals surface area contributed by atoms with Gasteiger partial charge in [0.15, 0.2) is 0 Å². The second-order valence-corrected chi connectivity index (χ2v) is 4.79. The summed E-state index contributed by atoms with van der Waals surface area (Å²) in [6.45, 7) is 3.88. The molecule has 3 rings (SSSR count). The van der Waals surface area contributed by atoms with Crippen LogP contribution in [0.25, 0.3) is 10.9 Å². The van der Waals surface area contributed by atoms with E-state index in [0.29, 0.717) is 5.69 Å². The SMILES string of the molecule is NC(=O)Nc1ccc2nccc(N3CCNCC3)c2c1. The maximum atomic E-state index is 11.0. The normalized spacial score (nSPS) is 15.3. The molecule has 1 aromatic heterocycles. The maximum absolute atomic E-state index is 11.0. The molecule has 6 heteroatoms.